The van der Waals surface area contributed by atoms with E-state index >= 15 is 0 Å². The maximum atomic E-state index is 13.8. The molecule has 0 aliphatic heterocycles. The number of nitrogens with zero attached hydrogens (tertiary/aromatic N) is 2. The Morgan fingerprint density at radius 1 is 1.00 bits per heavy atom. The fourth-order valence-corrected chi connectivity index (χ4v) is 2.44. The quantitative estimate of drug-likeness (QED) is 0.651. The van der Waals surface area contributed by atoms with E-state index in [2.05, 4.69) is 20.6 Å². The van der Waals surface area contributed by atoms with Gasteiger partial charge in [0.15, 0.2) is 0 Å². The van der Waals surface area contributed by atoms with Crippen LogP contribution in [0.5, 0.6) is 0 Å². The number of hydrogen-bond donors (Lipinski definition) is 2. The van der Waals surface area contributed by atoms with Gasteiger partial charge in [0.05, 0.1) is 18.4 Å². The third-order valence-electron chi connectivity index (χ3n) is 3.65. The largest absolute Gasteiger partial charge is 0.465 e. The van der Waals surface area contributed by atoms with E-state index < -0.39 is 17.6 Å². The van der Waals surface area contributed by atoms with E-state index in [1.165, 1.54) is 13.2 Å². The zero-order chi connectivity index (χ0) is 19.4. The molecule has 138 valence electrons. The number of methoxy groups -OCH3 is 1. The summed E-state index contributed by atoms with van der Waals surface area (Å²) in [4.78, 5) is 20.2. The molecule has 0 bridgehead atoms. The fraction of sp³-hybridized carbons (Fsp3) is 0.105. The molecule has 27 heavy (non-hydrogen) atoms. The molecule has 0 unspecified atom stereocenters. The van der Waals surface area contributed by atoms with Crippen LogP contribution in [0.4, 0.5) is 31.9 Å². The van der Waals surface area contributed by atoms with Crippen molar-refractivity contribution in [2.75, 3.05) is 17.7 Å². The molecule has 3 rings (SSSR count). The summed E-state index contributed by atoms with van der Waals surface area (Å²) in [6, 6.07) is 11.9. The summed E-state index contributed by atoms with van der Waals surface area (Å²) in [5.74, 6) is -1.66. The van der Waals surface area contributed by atoms with Crippen LogP contribution in [-0.2, 0) is 4.74 Å². The van der Waals surface area contributed by atoms with Crippen molar-refractivity contribution < 1.29 is 18.3 Å². The van der Waals surface area contributed by atoms with Crippen molar-refractivity contribution in [1.82, 2.24) is 9.97 Å². The lowest BCUT2D eigenvalue weighted by molar-refractivity contribution is 0.0602. The first-order chi connectivity index (χ1) is 13.0. The molecule has 0 spiro atoms. The highest BCUT2D eigenvalue weighted by atomic mass is 19.1. The lowest BCUT2D eigenvalue weighted by atomic mass is 10.2. The Kier molecular flexibility index (Phi) is 5.25. The molecule has 0 saturated carbocycles. The van der Waals surface area contributed by atoms with Gasteiger partial charge in [-0.1, -0.05) is 18.2 Å². The van der Waals surface area contributed by atoms with Gasteiger partial charge >= 0.3 is 5.97 Å². The molecule has 0 atom stereocenters. The Hall–Kier alpha value is -3.55. The lowest BCUT2D eigenvalue weighted by Crippen LogP contribution is -2.08. The minimum absolute atomic E-state index is 0.0112. The van der Waals surface area contributed by atoms with E-state index in [1.54, 1.807) is 37.3 Å². The van der Waals surface area contributed by atoms with Gasteiger partial charge in [0.25, 0.3) is 0 Å². The Labute approximate surface area is 154 Å². The highest BCUT2D eigenvalue weighted by molar-refractivity contribution is 5.96. The average Bonchev–Trinajstić information content (AvgIpc) is 2.64. The predicted molar refractivity (Wildman–Crippen MR) is 97.5 cm³/mol. The van der Waals surface area contributed by atoms with E-state index in [-0.39, 0.29) is 11.6 Å². The van der Waals surface area contributed by atoms with Crippen LogP contribution in [0.2, 0.25) is 0 Å². The van der Waals surface area contributed by atoms with Crippen molar-refractivity contribution in [3.8, 4) is 0 Å². The monoisotopic (exact) mass is 370 g/mol. The third-order valence-corrected chi connectivity index (χ3v) is 3.65. The topological polar surface area (TPSA) is 76.1 Å². The summed E-state index contributed by atoms with van der Waals surface area (Å²) >= 11 is 0. The van der Waals surface area contributed by atoms with Crippen LogP contribution in [0.3, 0.4) is 0 Å². The number of ether oxygens (including phenoxy) is 1. The van der Waals surface area contributed by atoms with Crippen molar-refractivity contribution in [2.24, 2.45) is 0 Å². The highest BCUT2D eigenvalue weighted by Gasteiger charge is 2.14. The number of para-hydroxylation sites is 2. The smallest absolute Gasteiger partial charge is 0.339 e. The molecule has 3 aromatic rings. The number of aryl methyl sites for hydroxylation is 1. The number of benzene rings is 2. The maximum Gasteiger partial charge on any atom is 0.339 e. The van der Waals surface area contributed by atoms with E-state index in [0.29, 0.717) is 22.8 Å². The van der Waals surface area contributed by atoms with E-state index in [9.17, 15) is 13.6 Å². The molecule has 2 aromatic carbocycles. The predicted octanol–water partition coefficient (Wildman–Crippen LogP) is 4.34. The van der Waals surface area contributed by atoms with Crippen molar-refractivity contribution in [3.05, 3.63) is 71.4 Å². The first-order valence-electron chi connectivity index (χ1n) is 7.99. The summed E-state index contributed by atoms with van der Waals surface area (Å²) < 4.78 is 32.4. The van der Waals surface area contributed by atoms with E-state index in [1.807, 2.05) is 0 Å². The number of anilines is 4. The van der Waals surface area contributed by atoms with Gasteiger partial charge in [-0.05, 0) is 31.2 Å². The highest BCUT2D eigenvalue weighted by Crippen LogP contribution is 2.24. The van der Waals surface area contributed by atoms with Crippen LogP contribution >= 0.6 is 0 Å². The van der Waals surface area contributed by atoms with Crippen LogP contribution < -0.4 is 10.6 Å². The molecule has 0 aliphatic rings. The van der Waals surface area contributed by atoms with Crippen molar-refractivity contribution in [2.45, 2.75) is 6.92 Å². The average molecular weight is 370 g/mol. The third kappa shape index (κ3) is 4.17. The zero-order valence-electron chi connectivity index (χ0n) is 14.6. The molecule has 0 fully saturated rings. The standard InChI is InChI=1S/C19H16F2N4O2/c1-11-10-16(23-15-9-4-3-6-12(15)18(26)27-2)24-19(22-11)25-17-13(20)7-5-8-14(17)21/h3-10H,1-2H3,(H2,22,23,24,25). The fourth-order valence-electron chi connectivity index (χ4n) is 2.44. The molecule has 1 heterocycles. The summed E-state index contributed by atoms with van der Waals surface area (Å²) in [7, 11) is 1.29. The Balaban J connectivity index is 1.92. The minimum atomic E-state index is -0.759. The molecule has 0 saturated heterocycles. The van der Waals surface area contributed by atoms with E-state index in [4.69, 9.17) is 4.74 Å². The van der Waals surface area contributed by atoms with E-state index in [0.717, 1.165) is 12.1 Å². The molecule has 0 aliphatic carbocycles. The molecule has 1 aromatic heterocycles. The Morgan fingerprint density at radius 3 is 2.41 bits per heavy atom. The van der Waals surface area contributed by atoms with Gasteiger partial charge in [0.1, 0.15) is 23.1 Å². The minimum Gasteiger partial charge on any atom is -0.465 e. The summed E-state index contributed by atoms with van der Waals surface area (Å²) in [5.41, 5.74) is 1.02. The number of rotatable bonds is 5. The molecule has 8 heteroatoms. The van der Waals surface area contributed by atoms with Gasteiger partial charge in [-0.15, -0.1) is 0 Å². The van der Waals surface area contributed by atoms with Crippen molar-refractivity contribution in [1.29, 1.82) is 0 Å². The number of hydrogen-bond acceptors (Lipinski definition) is 6. The van der Waals surface area contributed by atoms with Crippen LogP contribution in [0.25, 0.3) is 0 Å². The summed E-state index contributed by atoms with van der Waals surface area (Å²) in [5, 5.41) is 5.56. The normalized spacial score (nSPS) is 10.4. The second-order valence-corrected chi connectivity index (χ2v) is 5.60. The lowest BCUT2D eigenvalue weighted by Gasteiger charge is -2.12. The van der Waals surface area contributed by atoms with Gasteiger partial charge in [-0.3, -0.25) is 0 Å². The number of carbonyl (C=O) groups is 1. The number of halogens is 2. The number of carbonyl (C=O) groups excluding carboxylic acids is 1. The van der Waals surface area contributed by atoms with Crippen LogP contribution in [0.1, 0.15) is 16.1 Å². The second kappa shape index (κ2) is 7.77. The van der Waals surface area contributed by atoms with Gasteiger partial charge in [-0.25, -0.2) is 18.6 Å². The van der Waals surface area contributed by atoms with Gasteiger partial charge in [0.2, 0.25) is 5.95 Å². The number of aromatic nitrogens is 2. The molecule has 0 amide bonds. The first kappa shape index (κ1) is 18.2. The second-order valence-electron chi connectivity index (χ2n) is 5.60. The van der Waals surface area contributed by atoms with Crippen LogP contribution in [0, 0.1) is 18.6 Å². The Morgan fingerprint density at radius 2 is 1.70 bits per heavy atom. The molecular formula is C19H16F2N4O2. The Bertz CT molecular complexity index is 975. The molecule has 6 nitrogen and oxygen atoms in total. The SMILES string of the molecule is COC(=O)c1ccccc1Nc1cc(C)nc(Nc2c(F)cccc2F)n1. The summed E-state index contributed by atoms with van der Waals surface area (Å²) in [6.45, 7) is 1.71. The van der Waals surface area contributed by atoms with Crippen LogP contribution in [-0.4, -0.2) is 23.0 Å². The first-order valence-corrected chi connectivity index (χ1v) is 7.99. The summed E-state index contributed by atoms with van der Waals surface area (Å²) in [6.07, 6.45) is 0. The molecule has 2 N–H and O–H groups in total. The number of nitrogens with one attached hydrogen (secondary N) is 2. The van der Waals surface area contributed by atoms with Crippen LogP contribution in [0.15, 0.2) is 48.5 Å². The number of esters is 1. The molecular weight excluding hydrogens is 354 g/mol. The van der Waals surface area contributed by atoms with Gasteiger partial charge < -0.3 is 15.4 Å². The van der Waals surface area contributed by atoms with Gasteiger partial charge in [-0.2, -0.15) is 4.98 Å². The zero-order valence-corrected chi connectivity index (χ0v) is 14.6. The van der Waals surface area contributed by atoms with Crippen molar-refractivity contribution in [3.63, 3.8) is 0 Å². The molecule has 0 radical (unpaired) electrons. The van der Waals surface area contributed by atoms with Gasteiger partial charge in [0, 0.05) is 11.8 Å². The van der Waals surface area contributed by atoms with Crippen molar-refractivity contribution >= 4 is 29.1 Å². The maximum absolute atomic E-state index is 13.8.